The highest BCUT2D eigenvalue weighted by atomic mass is 16.5. The summed E-state index contributed by atoms with van der Waals surface area (Å²) in [5, 5.41) is 3.14. The Morgan fingerprint density at radius 2 is 1.93 bits per heavy atom. The van der Waals surface area contributed by atoms with E-state index in [4.69, 9.17) is 4.74 Å². The van der Waals surface area contributed by atoms with Crippen LogP contribution in [0.25, 0.3) is 0 Å². The number of pyridine rings is 1. The van der Waals surface area contributed by atoms with Gasteiger partial charge in [-0.2, -0.15) is 0 Å². The van der Waals surface area contributed by atoms with Gasteiger partial charge < -0.3 is 15.0 Å². The van der Waals surface area contributed by atoms with Crippen LogP contribution in [0.5, 0.6) is 0 Å². The number of carbonyl (C=O) groups is 2. The van der Waals surface area contributed by atoms with Crippen molar-refractivity contribution in [2.24, 2.45) is 5.92 Å². The second-order valence-electron chi connectivity index (χ2n) is 8.89. The summed E-state index contributed by atoms with van der Waals surface area (Å²) in [6, 6.07) is 4.55. The third kappa shape index (κ3) is 6.01. The zero-order chi connectivity index (χ0) is 20.8. The molecule has 3 heterocycles. The molecule has 7 nitrogen and oxygen atoms in total. The van der Waals surface area contributed by atoms with Gasteiger partial charge in [0, 0.05) is 63.5 Å². The molecule has 4 rings (SSSR count). The first-order valence-electron chi connectivity index (χ1n) is 11.5. The summed E-state index contributed by atoms with van der Waals surface area (Å²) in [6.07, 6.45) is 10.0. The van der Waals surface area contributed by atoms with Crippen LogP contribution >= 0.6 is 0 Å². The molecule has 1 aliphatic carbocycles. The molecule has 2 amide bonds. The molecule has 1 aromatic rings. The van der Waals surface area contributed by atoms with Crippen LogP contribution in [0.2, 0.25) is 0 Å². The van der Waals surface area contributed by atoms with Gasteiger partial charge in [0.1, 0.15) is 0 Å². The maximum absolute atomic E-state index is 12.8. The molecular weight excluding hydrogens is 380 g/mol. The number of hydrogen-bond acceptors (Lipinski definition) is 5. The Hall–Kier alpha value is -1.99. The van der Waals surface area contributed by atoms with E-state index in [0.717, 1.165) is 30.9 Å². The number of likely N-dealkylation sites (tertiary alicyclic amines) is 1. The molecule has 1 N–H and O–H groups in total. The fraction of sp³-hybridized carbons (Fsp3) is 0.696. The normalized spacial score (nSPS) is 24.7. The Kier molecular flexibility index (Phi) is 7.33. The minimum atomic E-state index is 0.0954. The van der Waals surface area contributed by atoms with Crippen molar-refractivity contribution >= 4 is 11.8 Å². The second-order valence-corrected chi connectivity index (χ2v) is 8.89. The lowest BCUT2D eigenvalue weighted by molar-refractivity contribution is -0.136. The van der Waals surface area contributed by atoms with Crippen LogP contribution in [0.1, 0.15) is 44.1 Å². The summed E-state index contributed by atoms with van der Waals surface area (Å²) in [6.45, 7) is 4.47. The van der Waals surface area contributed by atoms with Gasteiger partial charge >= 0.3 is 0 Å². The quantitative estimate of drug-likeness (QED) is 0.665. The van der Waals surface area contributed by atoms with E-state index in [2.05, 4.69) is 15.2 Å². The Morgan fingerprint density at radius 3 is 2.67 bits per heavy atom. The predicted molar refractivity (Wildman–Crippen MR) is 114 cm³/mol. The van der Waals surface area contributed by atoms with Crippen LogP contribution in [0.15, 0.2) is 24.5 Å². The molecule has 2 atom stereocenters. The summed E-state index contributed by atoms with van der Waals surface area (Å²) >= 11 is 0. The summed E-state index contributed by atoms with van der Waals surface area (Å²) in [7, 11) is 0. The zero-order valence-electron chi connectivity index (χ0n) is 17.8. The SMILES string of the molecule is O=C(CCc1cccnc1)NC[C@@H]1CC[C@H](CC(=O)N2CCOCC2)N1CC1CC1. The number of aromatic nitrogens is 1. The smallest absolute Gasteiger partial charge is 0.224 e. The lowest BCUT2D eigenvalue weighted by Crippen LogP contribution is -2.47. The van der Waals surface area contributed by atoms with Crippen LogP contribution in [0.3, 0.4) is 0 Å². The first-order valence-corrected chi connectivity index (χ1v) is 11.5. The number of carbonyl (C=O) groups excluding carboxylic acids is 2. The van der Waals surface area contributed by atoms with E-state index in [-0.39, 0.29) is 11.8 Å². The summed E-state index contributed by atoms with van der Waals surface area (Å²) < 4.78 is 5.37. The number of amides is 2. The number of aryl methyl sites for hydroxylation is 1. The molecule has 0 aromatic carbocycles. The monoisotopic (exact) mass is 414 g/mol. The lowest BCUT2D eigenvalue weighted by atomic mass is 10.1. The molecule has 2 saturated heterocycles. The van der Waals surface area contributed by atoms with E-state index in [1.54, 1.807) is 6.20 Å². The number of hydrogen-bond donors (Lipinski definition) is 1. The highest BCUT2D eigenvalue weighted by Gasteiger charge is 2.38. The number of morpholine rings is 1. The van der Waals surface area contributed by atoms with E-state index in [9.17, 15) is 9.59 Å². The van der Waals surface area contributed by atoms with Crippen molar-refractivity contribution in [2.45, 2.75) is 57.0 Å². The molecule has 1 aromatic heterocycles. The lowest BCUT2D eigenvalue weighted by Gasteiger charge is -2.33. The minimum absolute atomic E-state index is 0.0954. The van der Waals surface area contributed by atoms with Crippen molar-refractivity contribution in [3.63, 3.8) is 0 Å². The molecule has 3 aliphatic rings. The number of ether oxygens (including phenoxy) is 1. The highest BCUT2D eigenvalue weighted by molar-refractivity contribution is 5.77. The van der Waals surface area contributed by atoms with Gasteiger partial charge in [-0.05, 0) is 49.7 Å². The fourth-order valence-electron chi connectivity index (χ4n) is 4.62. The molecule has 0 spiro atoms. The second kappa shape index (κ2) is 10.4. The molecule has 164 valence electrons. The van der Waals surface area contributed by atoms with Crippen molar-refractivity contribution in [2.75, 3.05) is 39.4 Å². The van der Waals surface area contributed by atoms with Crippen molar-refractivity contribution in [3.05, 3.63) is 30.1 Å². The summed E-state index contributed by atoms with van der Waals surface area (Å²) in [5.74, 6) is 1.12. The molecule has 7 heteroatoms. The number of rotatable bonds is 9. The maximum Gasteiger partial charge on any atom is 0.224 e. The van der Waals surface area contributed by atoms with Crippen molar-refractivity contribution < 1.29 is 14.3 Å². The van der Waals surface area contributed by atoms with Gasteiger partial charge in [-0.15, -0.1) is 0 Å². The summed E-state index contributed by atoms with van der Waals surface area (Å²) in [4.78, 5) is 33.7. The zero-order valence-corrected chi connectivity index (χ0v) is 17.8. The number of nitrogens with one attached hydrogen (secondary N) is 1. The summed E-state index contributed by atoms with van der Waals surface area (Å²) in [5.41, 5.74) is 1.09. The minimum Gasteiger partial charge on any atom is -0.378 e. The van der Waals surface area contributed by atoms with Crippen molar-refractivity contribution in [1.29, 1.82) is 0 Å². The largest absolute Gasteiger partial charge is 0.378 e. The van der Waals surface area contributed by atoms with E-state index in [1.165, 1.54) is 12.8 Å². The van der Waals surface area contributed by atoms with Crippen molar-refractivity contribution in [1.82, 2.24) is 20.1 Å². The van der Waals surface area contributed by atoms with Gasteiger partial charge in [0.15, 0.2) is 0 Å². The van der Waals surface area contributed by atoms with Crippen LogP contribution in [0, 0.1) is 5.92 Å². The molecular formula is C23H34N4O3. The first kappa shape index (κ1) is 21.2. The van der Waals surface area contributed by atoms with Crippen LogP contribution in [0.4, 0.5) is 0 Å². The maximum atomic E-state index is 12.8. The molecule has 1 saturated carbocycles. The van der Waals surface area contributed by atoms with Crippen molar-refractivity contribution in [3.8, 4) is 0 Å². The van der Waals surface area contributed by atoms with Gasteiger partial charge in [0.05, 0.1) is 13.2 Å². The van der Waals surface area contributed by atoms with Gasteiger partial charge in [-0.1, -0.05) is 6.07 Å². The van der Waals surface area contributed by atoms with Gasteiger partial charge in [-0.25, -0.2) is 0 Å². The number of nitrogens with zero attached hydrogens (tertiary/aromatic N) is 3. The Morgan fingerprint density at radius 1 is 1.13 bits per heavy atom. The van der Waals surface area contributed by atoms with E-state index < -0.39 is 0 Å². The van der Waals surface area contributed by atoms with Gasteiger partial charge in [0.2, 0.25) is 11.8 Å². The van der Waals surface area contributed by atoms with E-state index in [1.807, 2.05) is 23.2 Å². The van der Waals surface area contributed by atoms with Gasteiger partial charge in [0.25, 0.3) is 0 Å². The van der Waals surface area contributed by atoms with Crippen LogP contribution in [-0.4, -0.2) is 78.1 Å². The molecule has 0 unspecified atom stereocenters. The Labute approximate surface area is 179 Å². The average Bonchev–Trinajstić information content (AvgIpc) is 3.53. The molecule has 3 fully saturated rings. The standard InChI is InChI=1S/C23H34N4O3/c28-22(8-5-18-2-1-9-24-15-18)25-16-21-7-6-20(27(21)17-19-3-4-19)14-23(29)26-10-12-30-13-11-26/h1-2,9,15,19-21H,3-8,10-14,16-17H2,(H,25,28)/t20-,21+/m1/s1. The van der Waals surface area contributed by atoms with Crippen LogP contribution < -0.4 is 5.32 Å². The first-order chi connectivity index (χ1) is 14.7. The average molecular weight is 415 g/mol. The third-order valence-electron chi connectivity index (χ3n) is 6.61. The van der Waals surface area contributed by atoms with E-state index in [0.29, 0.717) is 64.2 Å². The predicted octanol–water partition coefficient (Wildman–Crippen LogP) is 1.62. The van der Waals surface area contributed by atoms with Gasteiger partial charge in [-0.3, -0.25) is 19.5 Å². The Balaban J connectivity index is 1.25. The molecule has 0 bridgehead atoms. The molecule has 0 radical (unpaired) electrons. The molecule has 30 heavy (non-hydrogen) atoms. The van der Waals surface area contributed by atoms with E-state index >= 15 is 0 Å². The Bertz CT molecular complexity index is 704. The highest BCUT2D eigenvalue weighted by Crippen LogP contribution is 2.35. The van der Waals surface area contributed by atoms with Crippen LogP contribution in [-0.2, 0) is 20.7 Å². The third-order valence-corrected chi connectivity index (χ3v) is 6.61. The topological polar surface area (TPSA) is 74.8 Å². The fourth-order valence-corrected chi connectivity index (χ4v) is 4.62. The molecule has 2 aliphatic heterocycles.